The molecule has 0 spiro atoms. The predicted octanol–water partition coefficient (Wildman–Crippen LogP) is 1.00. The van der Waals surface area contributed by atoms with Crippen molar-refractivity contribution in [2.75, 3.05) is 0 Å². The second kappa shape index (κ2) is 5.92. The summed E-state index contributed by atoms with van der Waals surface area (Å²) in [7, 11) is 0. The van der Waals surface area contributed by atoms with Crippen LogP contribution in [0.25, 0.3) is 0 Å². The molecule has 7 heteroatoms. The molecule has 0 aliphatic heterocycles. The first kappa shape index (κ1) is 14.6. The molecular weight excluding hydrogens is 254 g/mol. The van der Waals surface area contributed by atoms with Gasteiger partial charge in [0.15, 0.2) is 0 Å². The minimum absolute atomic E-state index is 0.196. The zero-order valence-electron chi connectivity index (χ0n) is 10.5. The Morgan fingerprint density at radius 2 is 2.06 bits per heavy atom. The summed E-state index contributed by atoms with van der Waals surface area (Å²) in [5.74, 6) is -1.74. The molecule has 1 heterocycles. The Morgan fingerprint density at radius 1 is 1.44 bits per heavy atom. The lowest BCUT2D eigenvalue weighted by atomic mass is 10.0. The summed E-state index contributed by atoms with van der Waals surface area (Å²) in [6, 6.07) is -1.16. The maximum Gasteiger partial charge on any atom is 0.326 e. The number of hydrogen-bond donors (Lipinski definition) is 3. The van der Waals surface area contributed by atoms with E-state index in [1.165, 1.54) is 11.3 Å². The number of thiazole rings is 1. The first-order chi connectivity index (χ1) is 8.32. The molecule has 6 nitrogen and oxygen atoms in total. The van der Waals surface area contributed by atoms with E-state index in [0.29, 0.717) is 5.01 Å². The summed E-state index contributed by atoms with van der Waals surface area (Å²) in [6.45, 7) is 5.23. The van der Waals surface area contributed by atoms with Crippen molar-refractivity contribution in [3.05, 3.63) is 16.1 Å². The lowest BCUT2D eigenvalue weighted by Gasteiger charge is -2.16. The van der Waals surface area contributed by atoms with E-state index < -0.39 is 17.9 Å². The van der Waals surface area contributed by atoms with E-state index in [1.54, 1.807) is 26.2 Å². The fraction of sp³-hybridized carbons (Fsp3) is 0.545. The Kier molecular flexibility index (Phi) is 4.80. The number of amides is 1. The molecule has 1 aromatic heterocycles. The lowest BCUT2D eigenvalue weighted by Crippen LogP contribution is -2.44. The van der Waals surface area contributed by atoms with Crippen molar-refractivity contribution in [2.24, 2.45) is 11.7 Å². The Morgan fingerprint density at radius 3 is 2.44 bits per heavy atom. The monoisotopic (exact) mass is 271 g/mol. The Balaban J connectivity index is 2.77. The largest absolute Gasteiger partial charge is 0.480 e. The van der Waals surface area contributed by atoms with E-state index in [0.717, 1.165) is 0 Å². The van der Waals surface area contributed by atoms with Gasteiger partial charge in [0.05, 0.1) is 6.04 Å². The third-order valence-corrected chi connectivity index (χ3v) is 3.41. The van der Waals surface area contributed by atoms with Crippen LogP contribution in [0.15, 0.2) is 5.38 Å². The summed E-state index contributed by atoms with van der Waals surface area (Å²) in [6.07, 6.45) is 0. The number of nitrogens with zero attached hydrogens (tertiary/aromatic N) is 1. The predicted molar refractivity (Wildman–Crippen MR) is 68.4 cm³/mol. The molecule has 2 atom stereocenters. The van der Waals surface area contributed by atoms with E-state index in [2.05, 4.69) is 10.3 Å². The fourth-order valence-electron chi connectivity index (χ4n) is 1.33. The standard InChI is InChI=1S/C11H17N3O3S/c1-5(2)8(11(16)17)14-9(15)7-4-18-10(13-7)6(3)12/h4-6,8H,12H2,1-3H3,(H,14,15)(H,16,17)/t6?,8-/m1/s1. The van der Waals surface area contributed by atoms with Gasteiger partial charge >= 0.3 is 5.97 Å². The number of carbonyl (C=O) groups is 2. The van der Waals surface area contributed by atoms with Crippen molar-refractivity contribution in [3.8, 4) is 0 Å². The van der Waals surface area contributed by atoms with Gasteiger partial charge in [0.25, 0.3) is 5.91 Å². The van der Waals surface area contributed by atoms with Gasteiger partial charge in [-0.2, -0.15) is 0 Å². The zero-order chi connectivity index (χ0) is 13.9. The van der Waals surface area contributed by atoms with Gasteiger partial charge in [-0.05, 0) is 12.8 Å². The van der Waals surface area contributed by atoms with Gasteiger partial charge in [-0.25, -0.2) is 9.78 Å². The number of hydrogen-bond acceptors (Lipinski definition) is 5. The Bertz CT molecular complexity index is 442. The Hall–Kier alpha value is -1.47. The molecule has 0 fully saturated rings. The van der Waals surface area contributed by atoms with E-state index in [9.17, 15) is 9.59 Å². The maximum atomic E-state index is 11.8. The van der Waals surface area contributed by atoms with Gasteiger partial charge in [0, 0.05) is 5.38 Å². The van der Waals surface area contributed by atoms with Crippen LogP contribution in [0.3, 0.4) is 0 Å². The SMILES string of the molecule is CC(N)c1nc(C(=O)N[C@@H](C(=O)O)C(C)C)cs1. The smallest absolute Gasteiger partial charge is 0.326 e. The van der Waals surface area contributed by atoms with Gasteiger partial charge in [0.1, 0.15) is 16.7 Å². The highest BCUT2D eigenvalue weighted by Gasteiger charge is 2.25. The topological polar surface area (TPSA) is 105 Å². The summed E-state index contributed by atoms with van der Waals surface area (Å²) in [4.78, 5) is 26.9. The minimum atomic E-state index is -1.05. The summed E-state index contributed by atoms with van der Waals surface area (Å²) >= 11 is 1.29. The molecule has 1 aromatic rings. The lowest BCUT2D eigenvalue weighted by molar-refractivity contribution is -0.140. The molecule has 0 radical (unpaired) electrons. The highest BCUT2D eigenvalue weighted by atomic mass is 32.1. The third kappa shape index (κ3) is 3.51. The van der Waals surface area contributed by atoms with Crippen LogP contribution in [-0.4, -0.2) is 28.0 Å². The molecule has 100 valence electrons. The second-order valence-electron chi connectivity index (χ2n) is 4.39. The molecule has 0 saturated carbocycles. The van der Waals surface area contributed by atoms with Crippen molar-refractivity contribution in [2.45, 2.75) is 32.9 Å². The van der Waals surface area contributed by atoms with Crippen LogP contribution < -0.4 is 11.1 Å². The summed E-state index contributed by atoms with van der Waals surface area (Å²) in [5.41, 5.74) is 5.85. The van der Waals surface area contributed by atoms with Crippen LogP contribution >= 0.6 is 11.3 Å². The normalized spacial score (nSPS) is 14.3. The van der Waals surface area contributed by atoms with Gasteiger partial charge in [0.2, 0.25) is 0 Å². The van der Waals surface area contributed by atoms with Gasteiger partial charge < -0.3 is 16.2 Å². The molecule has 1 rings (SSSR count). The molecule has 0 aliphatic carbocycles. The zero-order valence-corrected chi connectivity index (χ0v) is 11.3. The van der Waals surface area contributed by atoms with Gasteiger partial charge in [-0.1, -0.05) is 13.8 Å². The first-order valence-electron chi connectivity index (χ1n) is 5.57. The fourth-order valence-corrected chi connectivity index (χ4v) is 2.09. The van der Waals surface area contributed by atoms with Crippen LogP contribution in [0, 0.1) is 5.92 Å². The summed E-state index contributed by atoms with van der Waals surface area (Å²) in [5, 5.41) is 13.7. The number of nitrogens with two attached hydrogens (primary N) is 1. The van der Waals surface area contributed by atoms with Crippen molar-refractivity contribution in [3.63, 3.8) is 0 Å². The maximum absolute atomic E-state index is 11.8. The number of nitrogens with one attached hydrogen (secondary N) is 1. The van der Waals surface area contributed by atoms with Gasteiger partial charge in [-0.3, -0.25) is 4.79 Å². The number of carbonyl (C=O) groups excluding carboxylic acids is 1. The third-order valence-electron chi connectivity index (χ3n) is 2.36. The molecule has 0 saturated heterocycles. The number of carboxylic acid groups (broad SMARTS) is 1. The molecule has 4 N–H and O–H groups in total. The number of aliphatic carboxylic acids is 1. The van der Waals surface area contributed by atoms with E-state index in [1.807, 2.05) is 0 Å². The molecule has 1 amide bonds. The van der Waals surface area contributed by atoms with Gasteiger partial charge in [-0.15, -0.1) is 11.3 Å². The van der Waals surface area contributed by atoms with Crippen molar-refractivity contribution < 1.29 is 14.7 Å². The molecule has 0 aromatic carbocycles. The second-order valence-corrected chi connectivity index (χ2v) is 5.28. The van der Waals surface area contributed by atoms with Crippen LogP contribution in [0.5, 0.6) is 0 Å². The van der Waals surface area contributed by atoms with E-state index in [-0.39, 0.29) is 17.7 Å². The van der Waals surface area contributed by atoms with Crippen molar-refractivity contribution in [1.29, 1.82) is 0 Å². The molecule has 1 unspecified atom stereocenters. The Labute approximate surface area is 109 Å². The number of aromatic nitrogens is 1. The number of rotatable bonds is 5. The molecule has 0 bridgehead atoms. The van der Waals surface area contributed by atoms with E-state index >= 15 is 0 Å². The van der Waals surface area contributed by atoms with Crippen molar-refractivity contribution in [1.82, 2.24) is 10.3 Å². The molecule has 0 aliphatic rings. The average Bonchev–Trinajstić information content (AvgIpc) is 2.73. The highest BCUT2D eigenvalue weighted by Crippen LogP contribution is 2.16. The van der Waals surface area contributed by atoms with Crippen molar-refractivity contribution >= 4 is 23.2 Å². The molecular formula is C11H17N3O3S. The minimum Gasteiger partial charge on any atom is -0.480 e. The van der Waals surface area contributed by atoms with Crippen LogP contribution in [0.1, 0.15) is 42.3 Å². The number of carboxylic acids is 1. The highest BCUT2D eigenvalue weighted by molar-refractivity contribution is 7.09. The molecule has 18 heavy (non-hydrogen) atoms. The van der Waals surface area contributed by atoms with Crippen LogP contribution in [0.4, 0.5) is 0 Å². The quantitative estimate of drug-likeness (QED) is 0.741. The average molecular weight is 271 g/mol. The van der Waals surface area contributed by atoms with Crippen LogP contribution in [-0.2, 0) is 4.79 Å². The first-order valence-corrected chi connectivity index (χ1v) is 6.45. The van der Waals surface area contributed by atoms with Crippen LogP contribution in [0.2, 0.25) is 0 Å². The van der Waals surface area contributed by atoms with E-state index in [4.69, 9.17) is 10.8 Å². The summed E-state index contributed by atoms with van der Waals surface area (Å²) < 4.78 is 0.